The van der Waals surface area contributed by atoms with Gasteiger partial charge in [-0.2, -0.15) is 8.42 Å². The topological polar surface area (TPSA) is 153 Å². The second kappa shape index (κ2) is 10.9. The fraction of sp³-hybridized carbons (Fsp3) is 0.630. The molecule has 1 aromatic carbocycles. The first-order valence-electron chi connectivity index (χ1n) is 13.3. The van der Waals surface area contributed by atoms with Gasteiger partial charge < -0.3 is 14.4 Å². The number of aromatic nitrogens is 2. The van der Waals surface area contributed by atoms with Crippen molar-refractivity contribution in [3.8, 4) is 0 Å². The van der Waals surface area contributed by atoms with Crippen LogP contribution < -0.4 is 0 Å². The van der Waals surface area contributed by atoms with Crippen LogP contribution in [0.15, 0.2) is 35.4 Å². The molecule has 0 bridgehead atoms. The molecule has 0 radical (unpaired) electrons. The van der Waals surface area contributed by atoms with E-state index in [1.54, 1.807) is 6.92 Å². The van der Waals surface area contributed by atoms with E-state index < -0.39 is 36.9 Å². The molecule has 5 rings (SSSR count). The Hall–Kier alpha value is -2.28. The number of carbonyl (C=O) groups is 1. The lowest BCUT2D eigenvalue weighted by Gasteiger charge is -2.44. The zero-order chi connectivity index (χ0) is 28.6. The Morgan fingerprint density at radius 2 is 1.54 bits per heavy atom. The Morgan fingerprint density at radius 1 is 1.00 bits per heavy atom. The van der Waals surface area contributed by atoms with E-state index in [2.05, 4.69) is 0 Å². The Morgan fingerprint density at radius 3 is 2.00 bits per heavy atom. The lowest BCUT2D eigenvalue weighted by Crippen LogP contribution is -2.47. The smallest absolute Gasteiger partial charge is 0.314 e. The molecule has 12 heteroatoms. The van der Waals surface area contributed by atoms with E-state index in [0.717, 1.165) is 31.2 Å². The van der Waals surface area contributed by atoms with Crippen LogP contribution in [0.25, 0.3) is 0 Å². The number of carboxylic acid groups (broad SMARTS) is 1. The fourth-order valence-electron chi connectivity index (χ4n) is 5.56. The highest BCUT2D eigenvalue weighted by Crippen LogP contribution is 2.51. The van der Waals surface area contributed by atoms with Crippen LogP contribution >= 0.6 is 0 Å². The van der Waals surface area contributed by atoms with Gasteiger partial charge in [0.25, 0.3) is 10.1 Å². The van der Waals surface area contributed by atoms with Gasteiger partial charge in [-0.1, -0.05) is 30.3 Å². The van der Waals surface area contributed by atoms with Crippen LogP contribution in [0.3, 0.4) is 0 Å². The van der Waals surface area contributed by atoms with Crippen molar-refractivity contribution in [2.24, 2.45) is 11.8 Å². The van der Waals surface area contributed by atoms with Gasteiger partial charge in [-0.15, -0.1) is 0 Å². The minimum atomic E-state index is -3.67. The lowest BCUT2D eigenvalue weighted by molar-refractivity contribution is -0.151. The third kappa shape index (κ3) is 7.08. The van der Waals surface area contributed by atoms with Gasteiger partial charge in [0.05, 0.1) is 24.0 Å². The fourth-order valence-corrected chi connectivity index (χ4v) is 6.70. The SMILES string of the molecule is CS(=O)(=O)O.Cc1nc(C2(OCC3CC3)CCC(C(=O)O)(c3ccccc3)CC2)n(CC2CC2)c1S(C)(=O)=O. The molecule has 3 aliphatic carbocycles. The molecule has 1 aromatic heterocycles. The molecular weight excluding hydrogens is 544 g/mol. The molecule has 216 valence electrons. The summed E-state index contributed by atoms with van der Waals surface area (Å²) in [7, 11) is -7.14. The summed E-state index contributed by atoms with van der Waals surface area (Å²) >= 11 is 0. The number of imidazole rings is 1. The number of hydrogen-bond acceptors (Lipinski definition) is 7. The summed E-state index contributed by atoms with van der Waals surface area (Å²) in [6.07, 6.45) is 8.24. The number of carboxylic acids is 1. The second-order valence-corrected chi connectivity index (χ2v) is 14.8. The van der Waals surface area contributed by atoms with E-state index in [9.17, 15) is 26.7 Å². The van der Waals surface area contributed by atoms with Gasteiger partial charge in [-0.3, -0.25) is 9.35 Å². The van der Waals surface area contributed by atoms with Gasteiger partial charge >= 0.3 is 5.97 Å². The molecule has 2 N–H and O–H groups in total. The van der Waals surface area contributed by atoms with Crippen molar-refractivity contribution in [2.75, 3.05) is 19.1 Å². The minimum Gasteiger partial charge on any atom is -0.481 e. The molecular formula is C27H38N2O8S2. The first-order chi connectivity index (χ1) is 18.1. The highest BCUT2D eigenvalue weighted by molar-refractivity contribution is 7.90. The number of benzene rings is 1. The first kappa shape index (κ1) is 29.7. The zero-order valence-electron chi connectivity index (χ0n) is 22.7. The maximum atomic E-state index is 12.8. The van der Waals surface area contributed by atoms with Crippen LogP contribution in [0.4, 0.5) is 0 Å². The van der Waals surface area contributed by atoms with Crippen molar-refractivity contribution in [3.63, 3.8) is 0 Å². The number of ether oxygens (including phenoxy) is 1. The van der Waals surface area contributed by atoms with E-state index in [0.29, 0.717) is 68.4 Å². The maximum absolute atomic E-state index is 12.8. The molecule has 3 fully saturated rings. The maximum Gasteiger partial charge on any atom is 0.314 e. The zero-order valence-corrected chi connectivity index (χ0v) is 24.3. The van der Waals surface area contributed by atoms with Crippen molar-refractivity contribution in [1.82, 2.24) is 9.55 Å². The number of sulfone groups is 1. The molecule has 39 heavy (non-hydrogen) atoms. The highest BCUT2D eigenvalue weighted by Gasteiger charge is 2.52. The molecule has 0 atom stereocenters. The average molecular weight is 583 g/mol. The Bertz CT molecular complexity index is 1390. The molecule has 1 heterocycles. The van der Waals surface area contributed by atoms with E-state index in [1.807, 2.05) is 34.9 Å². The van der Waals surface area contributed by atoms with Gasteiger partial charge in [-0.25, -0.2) is 13.4 Å². The standard InChI is InChI=1S/C26H34N2O5S.CH4O3S/c1-18-22(34(2,31)32)28(16-19-8-9-19)23(27-18)26(33-17-20-10-11-20)14-12-25(13-15-26,24(29)30)21-6-4-3-5-7-21;1-5(2,3)4/h3-7,19-20H,8-17H2,1-2H3,(H,29,30);1H3,(H,2,3,4). The van der Waals surface area contributed by atoms with Crippen LogP contribution in [-0.2, 0) is 47.0 Å². The number of rotatable bonds is 9. The molecule has 0 unspecified atom stereocenters. The minimum absolute atomic E-state index is 0.280. The summed E-state index contributed by atoms with van der Waals surface area (Å²) in [5, 5.41) is 10.6. The molecule has 0 amide bonds. The van der Waals surface area contributed by atoms with E-state index in [-0.39, 0.29) is 5.03 Å². The largest absolute Gasteiger partial charge is 0.481 e. The quantitative estimate of drug-likeness (QED) is 0.421. The normalized spacial score (nSPS) is 25.5. The number of hydrogen-bond donors (Lipinski definition) is 2. The Kier molecular flexibility index (Phi) is 8.33. The van der Waals surface area contributed by atoms with Crippen LogP contribution in [0.5, 0.6) is 0 Å². The molecule has 10 nitrogen and oxygen atoms in total. The summed E-state index contributed by atoms with van der Waals surface area (Å²) in [6.45, 7) is 2.98. The van der Waals surface area contributed by atoms with Crippen molar-refractivity contribution < 1.29 is 36.0 Å². The molecule has 3 aliphatic rings. The van der Waals surface area contributed by atoms with E-state index >= 15 is 0 Å². The monoisotopic (exact) mass is 582 g/mol. The van der Waals surface area contributed by atoms with E-state index in [4.69, 9.17) is 14.3 Å². The first-order valence-corrected chi connectivity index (χ1v) is 17.0. The predicted molar refractivity (Wildman–Crippen MR) is 145 cm³/mol. The summed E-state index contributed by atoms with van der Waals surface area (Å²) in [6, 6.07) is 9.46. The molecule has 3 saturated carbocycles. The van der Waals surface area contributed by atoms with Crippen LogP contribution in [0.1, 0.15) is 68.4 Å². The van der Waals surface area contributed by atoms with E-state index in [1.165, 1.54) is 6.26 Å². The van der Waals surface area contributed by atoms with Gasteiger partial charge in [0, 0.05) is 12.8 Å². The molecule has 0 saturated heterocycles. The van der Waals surface area contributed by atoms with Crippen molar-refractivity contribution in [1.29, 1.82) is 0 Å². The number of aliphatic carboxylic acids is 1. The summed E-state index contributed by atoms with van der Waals surface area (Å²) in [5.74, 6) is 0.840. The lowest BCUT2D eigenvalue weighted by atomic mass is 9.65. The van der Waals surface area contributed by atoms with Crippen molar-refractivity contribution in [3.05, 3.63) is 47.4 Å². The summed E-state index contributed by atoms with van der Waals surface area (Å²) < 4.78 is 59.9. The number of nitrogens with zero attached hydrogens (tertiary/aromatic N) is 2. The van der Waals surface area contributed by atoms with Crippen molar-refractivity contribution in [2.45, 2.75) is 80.9 Å². The van der Waals surface area contributed by atoms with Gasteiger partial charge in [0.15, 0.2) is 14.9 Å². The average Bonchev–Trinajstić information content (AvgIpc) is 3.76. The number of aryl methyl sites for hydroxylation is 1. The van der Waals surface area contributed by atoms with Crippen LogP contribution in [-0.4, -0.2) is 61.1 Å². The predicted octanol–water partition coefficient (Wildman–Crippen LogP) is 3.73. The third-order valence-electron chi connectivity index (χ3n) is 7.92. The van der Waals surface area contributed by atoms with Crippen LogP contribution in [0.2, 0.25) is 0 Å². The Labute approximate surface area is 230 Å². The van der Waals surface area contributed by atoms with Crippen molar-refractivity contribution >= 4 is 25.9 Å². The summed E-state index contributed by atoms with van der Waals surface area (Å²) in [4.78, 5) is 17.4. The molecule has 0 aliphatic heterocycles. The van der Waals surface area contributed by atoms with Gasteiger partial charge in [-0.05, 0) is 75.7 Å². The van der Waals surface area contributed by atoms with Gasteiger partial charge in [0.1, 0.15) is 11.4 Å². The molecule has 2 aromatic rings. The third-order valence-corrected chi connectivity index (χ3v) is 9.14. The van der Waals surface area contributed by atoms with Crippen LogP contribution in [0, 0.1) is 18.8 Å². The second-order valence-electron chi connectivity index (χ2n) is 11.4. The highest BCUT2D eigenvalue weighted by atomic mass is 32.2. The summed E-state index contributed by atoms with van der Waals surface area (Å²) in [5.41, 5.74) is -0.437. The Balaban J connectivity index is 0.000000648. The van der Waals surface area contributed by atoms with Gasteiger partial charge in [0.2, 0.25) is 0 Å². The molecule has 0 spiro atoms.